The van der Waals surface area contributed by atoms with Crippen LogP contribution in [-0.4, -0.2) is 0 Å². The van der Waals surface area contributed by atoms with Crippen molar-refractivity contribution in [3.63, 3.8) is 0 Å². The topological polar surface area (TPSA) is 0 Å². The van der Waals surface area contributed by atoms with Crippen molar-refractivity contribution in [2.75, 3.05) is 0 Å². The highest BCUT2D eigenvalue weighted by Crippen LogP contribution is 0.152. The third kappa shape index (κ3) is 0. The van der Waals surface area contributed by atoms with E-state index in [2.05, 4.69) is 0 Å². The molecule has 0 radical (unpaired) electrons. The van der Waals surface area contributed by atoms with Crippen molar-refractivity contribution in [3.05, 3.63) is 0 Å². The summed E-state index contributed by atoms with van der Waals surface area (Å²) in [5.74, 6) is 0. The molecule has 0 aliphatic rings. The van der Waals surface area contributed by atoms with E-state index in [9.17, 15) is 0 Å². The zero-order chi connectivity index (χ0) is 72.0. The van der Waals surface area contributed by atoms with E-state index < -0.39 is 0 Å². The smallest absolute Gasteiger partial charge is 0 e. The first kappa shape index (κ1) is 0.444. The van der Waals surface area contributed by atoms with Gasteiger partial charge >= 0.3 is 0 Å². The molecule has 0 atom stereocenters. The molecular weight excluding hydrogens is 108 g/mol. The van der Waals surface area contributed by atoms with Gasteiger partial charge in [-0.15, -0.1) is 0 Å². The minimum Gasteiger partial charge on any atom is -0.0776 e. The Morgan fingerprint density at radius 2 is 0.333 bits per heavy atom. The van der Waals surface area contributed by atoms with Crippen molar-refractivity contribution in [2.45, 2.75) is 66.8 Å². The van der Waals surface area contributed by atoms with E-state index >= 15 is 0 Å². The highest BCUT2D eigenvalue weighted by Gasteiger charge is -0.0696. The van der Waals surface area contributed by atoms with Crippen LogP contribution in [0.15, 0.2) is 0 Å². The van der Waals surface area contributed by atoms with Gasteiger partial charge in [0.1, 0.15) is 0 Å². The maximum atomic E-state index is 5.00. The van der Waals surface area contributed by atoms with Crippen LogP contribution in [0.1, 0.15) is 178 Å². The van der Waals surface area contributed by atoms with Gasteiger partial charge < -0.3 is 0 Å². The van der Waals surface area contributed by atoms with Crippen LogP contribution in [0, 0.1) is 0 Å². The highest BCUT2D eigenvalue weighted by molar-refractivity contribution is 2.51. The Kier molecular flexibility index (Phi) is 0. The van der Waals surface area contributed by atoms with Crippen LogP contribution in [0.25, 0.3) is 0 Å². The summed E-state index contributed by atoms with van der Waals surface area (Å²) in [5, 5.41) is 0. The number of hydrogen-bond acceptors (Lipinski definition) is 0. The maximum Gasteiger partial charge on any atom is 0 e. The molecule has 0 bridgehead atoms. The van der Waals surface area contributed by atoms with Gasteiger partial charge in [0.25, 0.3) is 0 Å². The van der Waals surface area contributed by atoms with E-state index in [1.54, 1.807) is 0 Å². The average molecular weight is 298 g/mol. The normalized spacial score (nSPS) is 32.0. The Hall–Kier alpha value is 0. The Labute approximate surface area is 183 Å². The Bertz CT molecular complexity index is 41.3. The van der Waals surface area contributed by atoms with Crippen LogP contribution in [0.2, 0.25) is 0 Å². The molecule has 0 rings (SSSR count). The first-order chi connectivity index (χ1) is 36.0. The maximum absolute atomic E-state index is 5.00. The van der Waals surface area contributed by atoms with Crippen LogP contribution in [-0.2, 0) is 0 Å². The van der Waals surface area contributed by atoms with Crippen LogP contribution >= 0.6 is 0 Å². The molecule has 0 unspecified atom stereocenters. The average Bonchev–Trinajstić information content (AvgIpc) is 3.63. The van der Waals surface area contributed by atoms with Crippen molar-refractivity contribution in [1.82, 2.24) is 0 Å². The Balaban J connectivity index is -0.00000000344. The SMILES string of the molecule is C.C.C.C.C.C.C.C.C.[2HH].[2HH].[2HH].[2H][2H].[2H][2H].[2H][2H].[2H][2H].[2H][2H].[2H][2H].[2H][2H].[2H][2H].[2H][2H].[2H][2H].[2H][2H].[2H][2H].[2H][2H].[2H][2H].[2H][2H].[2H][2H].[2H][2H].[2H][2H].[2H][2H].[2H][2H].[2H][2H].[2H][2H].[2H][2H].[2H][2H].[2H][2H].[2H][2H].[2H][2H].[2H][2H].[2H][2H].[2H][2H].[2H][2H].[2H][2H].[2H][2H].[2H][2H].[2H][2H].[2H][2H]. The van der Waals surface area contributed by atoms with E-state index in [1.165, 1.54) is 0 Å². The Morgan fingerprint density at radius 1 is 0.333 bits per heavy atom. The molecule has 0 amide bonds. The monoisotopic (exact) mass is 298 g/mol. The summed E-state index contributed by atoms with van der Waals surface area (Å²) in [6.45, 7) is 0. The molecule has 0 N–H and O–H groups in total. The standard InChI is InChI=1S/9CH4.39H2/h9*1H4;39*1H/i;;;;;;;;;36*1+1D;3*1+1. The van der Waals surface area contributed by atoms with Gasteiger partial charge in [-0.25, -0.2) is 0 Å². The summed E-state index contributed by atoms with van der Waals surface area (Å²) >= 11 is 0. The van der Waals surface area contributed by atoms with E-state index in [4.69, 9.17) is 107 Å². The molecule has 0 aromatic rings. The lowest BCUT2D eigenvalue weighted by molar-refractivity contribution is 2.50. The lowest BCUT2D eigenvalue weighted by Gasteiger charge is -0.0786. The quantitative estimate of drug-likeness (QED) is 0.417. The van der Waals surface area contributed by atoms with Crippen LogP contribution in [0.4, 0.5) is 0 Å². The Morgan fingerprint density at radius 3 is 0.333 bits per heavy atom. The zero-order valence-corrected chi connectivity index (χ0v) is 0. The lowest BCUT2D eigenvalue weighted by atomic mass is 12.0. The van der Waals surface area contributed by atoms with Gasteiger partial charge in [-0.05, 0) is 0 Å². The van der Waals surface area contributed by atoms with Gasteiger partial charge in [0.05, 0.1) is 0 Å². The summed E-state index contributed by atoms with van der Waals surface area (Å²) < 4.78 is 360. The van der Waals surface area contributed by atoms with E-state index in [0.29, 0.717) is 0 Å². The van der Waals surface area contributed by atoms with Gasteiger partial charge in [-0.1, -0.05) is 66.8 Å². The number of hydrogen-bond donors (Lipinski definition) is 0. The minimum absolute atomic E-state index is 0. The van der Waals surface area contributed by atoms with Crippen LogP contribution in [0.3, 0.4) is 0 Å². The molecule has 0 fully saturated rings. The summed E-state index contributed by atoms with van der Waals surface area (Å²) in [6.07, 6.45) is 0. The molecule has 9 heavy (non-hydrogen) atoms. The van der Waals surface area contributed by atoms with E-state index in [-0.39, 0.29) is 71.1 Å². The van der Waals surface area contributed by atoms with Crippen molar-refractivity contribution < 1.29 is 111 Å². The zero-order valence-electron chi connectivity index (χ0n) is 72.0. The molecule has 150 valence electrons. The molecule has 0 saturated carbocycles. The van der Waals surface area contributed by atoms with Gasteiger partial charge in [0, 0.05) is 111 Å². The second-order valence-electron chi connectivity index (χ2n) is 0. The van der Waals surface area contributed by atoms with E-state index in [0.717, 1.165) is 0 Å². The highest BCUT2D eigenvalue weighted by atomic mass is 12.0. The lowest BCUT2D eigenvalue weighted by Crippen LogP contribution is 0.143. The van der Waals surface area contributed by atoms with Crippen molar-refractivity contribution in [1.29, 1.82) is 0 Å². The van der Waals surface area contributed by atoms with Crippen molar-refractivity contribution in [3.8, 4) is 0 Å². The molecule has 0 heteroatoms. The molecule has 0 saturated heterocycles. The fraction of sp³-hybridized carbons (Fsp3) is 1.00. The molecule has 0 heterocycles. The summed E-state index contributed by atoms with van der Waals surface area (Å²) in [6, 6.07) is 0. The fourth-order valence-corrected chi connectivity index (χ4v) is 0. The second kappa shape index (κ2) is 0. The minimum atomic E-state index is 0. The molecule has 0 aliphatic heterocycles. The molecule has 0 aromatic heterocycles. The first-order valence-corrected chi connectivity index (χ1v) is 0. The number of rotatable bonds is 0. The third-order valence-corrected chi connectivity index (χ3v) is 0. The molecular formula is C9H114. The van der Waals surface area contributed by atoms with Crippen molar-refractivity contribution in [2.24, 2.45) is 0 Å². The summed E-state index contributed by atoms with van der Waals surface area (Å²) in [4.78, 5) is 0. The van der Waals surface area contributed by atoms with Crippen LogP contribution < -0.4 is 0 Å². The largest absolute Gasteiger partial charge is 0.0776 e. The van der Waals surface area contributed by atoms with Gasteiger partial charge in [0.15, 0.2) is 0 Å². The molecule has 0 nitrogen and oxygen atoms in total. The fourth-order valence-electron chi connectivity index (χ4n) is 0. The van der Waals surface area contributed by atoms with Gasteiger partial charge in [0.2, 0.25) is 0 Å². The summed E-state index contributed by atoms with van der Waals surface area (Å²) in [7, 11) is 0. The van der Waals surface area contributed by atoms with Crippen LogP contribution in [0.5, 0.6) is 0 Å². The van der Waals surface area contributed by atoms with E-state index in [1.807, 2.05) is 0 Å². The predicted molar refractivity (Wildman–Crippen MR) is 143 cm³/mol. The van der Waals surface area contributed by atoms with Gasteiger partial charge in [-0.3, -0.25) is 0 Å². The van der Waals surface area contributed by atoms with Gasteiger partial charge in [-0.2, -0.15) is 0 Å². The predicted octanol–water partition coefficient (Wildman–Crippen LogP) is 15.3. The first-order valence-electron chi connectivity index (χ1n) is 36.0. The second-order valence-corrected chi connectivity index (χ2v) is 0. The molecule has 0 spiro atoms. The molecule has 0 aromatic carbocycles. The molecule has 0 aliphatic carbocycles. The third-order valence-electron chi connectivity index (χ3n) is 0. The summed E-state index contributed by atoms with van der Waals surface area (Å²) in [5.41, 5.74) is 0. The van der Waals surface area contributed by atoms with Crippen molar-refractivity contribution >= 4 is 0 Å².